The number of amides is 1. The van der Waals surface area contributed by atoms with Gasteiger partial charge in [0.15, 0.2) is 5.65 Å². The molecule has 7 nitrogen and oxygen atoms in total. The Morgan fingerprint density at radius 1 is 1.12 bits per heavy atom. The topological polar surface area (TPSA) is 92.8 Å². The Bertz CT molecular complexity index is 1420. The molecule has 1 N–H and O–H groups in total. The van der Waals surface area contributed by atoms with Crippen LogP contribution in [0, 0.1) is 18.3 Å². The van der Waals surface area contributed by atoms with Crippen LogP contribution in [-0.2, 0) is 19.6 Å². The summed E-state index contributed by atoms with van der Waals surface area (Å²) in [5, 5.41) is 12.1. The van der Waals surface area contributed by atoms with E-state index in [4.69, 9.17) is 20.0 Å². The fourth-order valence-electron chi connectivity index (χ4n) is 4.35. The van der Waals surface area contributed by atoms with Gasteiger partial charge in [-0.3, -0.25) is 4.79 Å². The van der Waals surface area contributed by atoms with Crippen molar-refractivity contribution in [2.45, 2.75) is 45.8 Å². The number of ether oxygens (including phenoxy) is 1. The van der Waals surface area contributed by atoms with Gasteiger partial charge in [-0.15, -0.1) is 0 Å². The zero-order valence-electron chi connectivity index (χ0n) is 19.0. The number of nitriles is 1. The highest BCUT2D eigenvalue weighted by Crippen LogP contribution is 2.25. The smallest absolute Gasteiger partial charge is 0.258 e. The summed E-state index contributed by atoms with van der Waals surface area (Å²) < 4.78 is 8.06. The van der Waals surface area contributed by atoms with Gasteiger partial charge in [0.2, 0.25) is 0 Å². The maximum atomic E-state index is 13.3. The lowest BCUT2D eigenvalue weighted by Crippen LogP contribution is -2.13. The molecule has 4 aromatic rings. The number of imidazole rings is 1. The second kappa shape index (κ2) is 9.36. The van der Waals surface area contributed by atoms with Crippen LogP contribution in [0.5, 0.6) is 5.75 Å². The standard InChI is InChI=1S/C27H25N5O2/c1-18-13-23(25-26(29-18)32-12-4-2-3-11-24(32)31-25)27(33)30-21-9-6-10-22(15-21)34-17-20-8-5-7-19(14-20)16-28/h5-10,13-15H,2-4,11-12,17H2,1H3,(H,30,33). The zero-order valence-corrected chi connectivity index (χ0v) is 19.0. The molecule has 0 saturated carbocycles. The summed E-state index contributed by atoms with van der Waals surface area (Å²) in [6.45, 7) is 3.12. The maximum Gasteiger partial charge on any atom is 0.258 e. The fourth-order valence-corrected chi connectivity index (χ4v) is 4.35. The van der Waals surface area contributed by atoms with Gasteiger partial charge < -0.3 is 14.6 Å². The molecule has 3 heterocycles. The maximum absolute atomic E-state index is 13.3. The van der Waals surface area contributed by atoms with E-state index in [0.717, 1.165) is 48.5 Å². The lowest BCUT2D eigenvalue weighted by Gasteiger charge is -2.10. The Labute approximate surface area is 198 Å². The average molecular weight is 452 g/mol. The molecule has 0 saturated heterocycles. The first-order valence-corrected chi connectivity index (χ1v) is 11.5. The summed E-state index contributed by atoms with van der Waals surface area (Å²) in [4.78, 5) is 22.8. The first-order chi connectivity index (χ1) is 16.6. The summed E-state index contributed by atoms with van der Waals surface area (Å²) >= 11 is 0. The van der Waals surface area contributed by atoms with Gasteiger partial charge in [0.05, 0.1) is 17.2 Å². The highest BCUT2D eigenvalue weighted by atomic mass is 16.5. The molecule has 2 aromatic carbocycles. The van der Waals surface area contributed by atoms with E-state index in [1.165, 1.54) is 6.42 Å². The van der Waals surface area contributed by atoms with Crippen LogP contribution >= 0.6 is 0 Å². The first-order valence-electron chi connectivity index (χ1n) is 11.5. The summed E-state index contributed by atoms with van der Waals surface area (Å²) in [6.07, 6.45) is 4.31. The van der Waals surface area contributed by atoms with Crippen LogP contribution in [-0.4, -0.2) is 20.4 Å². The molecule has 0 fully saturated rings. The number of aryl methyl sites for hydroxylation is 3. The van der Waals surface area contributed by atoms with Crippen molar-refractivity contribution in [2.75, 3.05) is 5.32 Å². The number of rotatable bonds is 5. The normalized spacial score (nSPS) is 13.1. The van der Waals surface area contributed by atoms with Crippen LogP contribution in [0.25, 0.3) is 11.2 Å². The molecule has 1 amide bonds. The Morgan fingerprint density at radius 2 is 2.00 bits per heavy atom. The van der Waals surface area contributed by atoms with Gasteiger partial charge in [0, 0.05) is 30.4 Å². The quantitative estimate of drug-likeness (QED) is 0.452. The van der Waals surface area contributed by atoms with Crippen molar-refractivity contribution >= 4 is 22.8 Å². The molecule has 170 valence electrons. The Morgan fingerprint density at radius 3 is 2.88 bits per heavy atom. The minimum atomic E-state index is -0.220. The van der Waals surface area contributed by atoms with E-state index in [-0.39, 0.29) is 5.91 Å². The predicted molar refractivity (Wildman–Crippen MR) is 130 cm³/mol. The molecule has 1 aliphatic rings. The number of fused-ring (bicyclic) bond motifs is 3. The third kappa shape index (κ3) is 4.48. The highest BCUT2D eigenvalue weighted by Gasteiger charge is 2.21. The third-order valence-corrected chi connectivity index (χ3v) is 5.99. The van der Waals surface area contributed by atoms with Gasteiger partial charge >= 0.3 is 0 Å². The van der Waals surface area contributed by atoms with Gasteiger partial charge in [-0.05, 0) is 55.7 Å². The fraction of sp³-hybridized carbons (Fsp3) is 0.259. The van der Waals surface area contributed by atoms with Crippen LogP contribution < -0.4 is 10.1 Å². The molecule has 0 aliphatic carbocycles. The molecule has 34 heavy (non-hydrogen) atoms. The summed E-state index contributed by atoms with van der Waals surface area (Å²) in [6, 6.07) is 18.5. The Hall–Kier alpha value is -4.18. The average Bonchev–Trinajstić information content (AvgIpc) is 3.02. The van der Waals surface area contributed by atoms with Crippen LogP contribution in [0.4, 0.5) is 5.69 Å². The van der Waals surface area contributed by atoms with Crippen molar-refractivity contribution in [2.24, 2.45) is 0 Å². The van der Waals surface area contributed by atoms with Crippen molar-refractivity contribution in [3.05, 3.63) is 82.8 Å². The highest BCUT2D eigenvalue weighted by molar-refractivity contribution is 6.11. The molecule has 2 aromatic heterocycles. The van der Waals surface area contributed by atoms with E-state index in [9.17, 15) is 4.79 Å². The van der Waals surface area contributed by atoms with E-state index in [2.05, 4.69) is 16.0 Å². The predicted octanol–water partition coefficient (Wildman–Crippen LogP) is 5.17. The number of nitrogens with one attached hydrogen (secondary N) is 1. The molecule has 5 rings (SSSR count). The van der Waals surface area contributed by atoms with E-state index in [0.29, 0.717) is 34.7 Å². The number of carbonyl (C=O) groups excluding carboxylic acids is 1. The van der Waals surface area contributed by atoms with E-state index in [1.807, 2.05) is 37.3 Å². The minimum Gasteiger partial charge on any atom is -0.489 e. The van der Waals surface area contributed by atoms with Crippen molar-refractivity contribution in [1.29, 1.82) is 5.26 Å². The number of hydrogen-bond acceptors (Lipinski definition) is 5. The minimum absolute atomic E-state index is 0.220. The third-order valence-electron chi connectivity index (χ3n) is 5.99. The van der Waals surface area contributed by atoms with Crippen molar-refractivity contribution in [3.8, 4) is 11.8 Å². The van der Waals surface area contributed by atoms with Crippen LogP contribution in [0.1, 0.15) is 52.3 Å². The second-order valence-electron chi connectivity index (χ2n) is 8.56. The molecule has 0 unspecified atom stereocenters. The van der Waals surface area contributed by atoms with Gasteiger partial charge in [0.1, 0.15) is 23.7 Å². The molecule has 0 bridgehead atoms. The van der Waals surface area contributed by atoms with E-state index < -0.39 is 0 Å². The van der Waals surface area contributed by atoms with Crippen molar-refractivity contribution in [3.63, 3.8) is 0 Å². The van der Waals surface area contributed by atoms with Crippen molar-refractivity contribution in [1.82, 2.24) is 14.5 Å². The summed E-state index contributed by atoms with van der Waals surface area (Å²) in [7, 11) is 0. The van der Waals surface area contributed by atoms with Gasteiger partial charge in [-0.1, -0.05) is 24.6 Å². The van der Waals surface area contributed by atoms with E-state index >= 15 is 0 Å². The van der Waals surface area contributed by atoms with Crippen LogP contribution in [0.2, 0.25) is 0 Å². The SMILES string of the molecule is Cc1cc(C(=O)Nc2cccc(OCc3cccc(C#N)c3)c2)c2nc3n(c2n1)CCCCC3. The monoisotopic (exact) mass is 451 g/mol. The number of anilines is 1. The molecular formula is C27H25N5O2. The Balaban J connectivity index is 1.36. The lowest BCUT2D eigenvalue weighted by atomic mass is 10.1. The number of pyridine rings is 1. The van der Waals surface area contributed by atoms with Gasteiger partial charge in [-0.2, -0.15) is 5.26 Å². The molecule has 7 heteroatoms. The second-order valence-corrected chi connectivity index (χ2v) is 8.56. The number of carbonyl (C=O) groups is 1. The lowest BCUT2D eigenvalue weighted by molar-refractivity contribution is 0.102. The first kappa shape index (κ1) is 21.7. The molecule has 0 radical (unpaired) electrons. The number of hydrogen-bond donors (Lipinski definition) is 1. The van der Waals surface area contributed by atoms with Gasteiger partial charge in [0.25, 0.3) is 5.91 Å². The summed E-state index contributed by atoms with van der Waals surface area (Å²) in [5.74, 6) is 1.42. The molecule has 1 aliphatic heterocycles. The largest absolute Gasteiger partial charge is 0.489 e. The number of nitrogens with zero attached hydrogens (tertiary/aromatic N) is 4. The van der Waals surface area contributed by atoms with E-state index in [1.54, 1.807) is 24.3 Å². The molecular weight excluding hydrogens is 426 g/mol. The number of aromatic nitrogens is 3. The van der Waals surface area contributed by atoms with Crippen LogP contribution in [0.3, 0.4) is 0 Å². The molecule has 0 spiro atoms. The zero-order chi connectivity index (χ0) is 23.5. The van der Waals surface area contributed by atoms with Crippen LogP contribution in [0.15, 0.2) is 54.6 Å². The number of benzene rings is 2. The van der Waals surface area contributed by atoms with Crippen molar-refractivity contribution < 1.29 is 9.53 Å². The Kier molecular flexibility index (Phi) is 5.96. The van der Waals surface area contributed by atoms with Gasteiger partial charge in [-0.25, -0.2) is 9.97 Å². The summed E-state index contributed by atoms with van der Waals surface area (Å²) in [5.41, 5.74) is 4.91. The molecule has 0 atom stereocenters.